The first-order valence-corrected chi connectivity index (χ1v) is 8.94. The molecule has 0 saturated carbocycles. The standard InChI is InChI=1S/C17H14FN5O3S/c1-10-3-2-8-25-12-6-7-20-15-14(12)22(17(24)23(15)27-18)13-5-4-11(9-19)16(21-13)26-10/h4-7,10H,2-3,8H2,1H3. The third-order valence-corrected chi connectivity index (χ3v) is 4.71. The molecule has 3 aromatic rings. The van der Waals surface area contributed by atoms with E-state index >= 15 is 0 Å². The average Bonchev–Trinajstić information content (AvgIpc) is 2.96. The molecule has 4 rings (SSSR count). The molecule has 3 aromatic heterocycles. The van der Waals surface area contributed by atoms with E-state index in [4.69, 9.17) is 9.47 Å². The van der Waals surface area contributed by atoms with Crippen LogP contribution >= 0.6 is 12.3 Å². The van der Waals surface area contributed by atoms with Crippen LogP contribution < -0.4 is 15.2 Å². The lowest BCUT2D eigenvalue weighted by Gasteiger charge is -2.17. The number of hydrogen-bond acceptors (Lipinski definition) is 7. The molecule has 1 aliphatic heterocycles. The van der Waals surface area contributed by atoms with Crippen molar-refractivity contribution in [2.45, 2.75) is 25.9 Å². The first-order valence-electron chi connectivity index (χ1n) is 8.26. The zero-order valence-electron chi connectivity index (χ0n) is 14.3. The Hall–Kier alpha value is -3.06. The lowest BCUT2D eigenvalue weighted by molar-refractivity contribution is 0.186. The van der Waals surface area contributed by atoms with Gasteiger partial charge in [-0.25, -0.2) is 14.3 Å². The Bertz CT molecular complexity index is 1120. The van der Waals surface area contributed by atoms with Crippen LogP contribution in [0.2, 0.25) is 0 Å². The summed E-state index contributed by atoms with van der Waals surface area (Å²) in [5.41, 5.74) is 0.0247. The number of aromatic nitrogens is 4. The molecule has 0 fully saturated rings. The van der Waals surface area contributed by atoms with Crippen LogP contribution in [0, 0.1) is 11.3 Å². The van der Waals surface area contributed by atoms with E-state index < -0.39 is 5.69 Å². The number of nitrogens with zero attached hydrogens (tertiary/aromatic N) is 5. The molecular formula is C17H14FN5O3S. The van der Waals surface area contributed by atoms with Gasteiger partial charge in [0.2, 0.25) is 5.88 Å². The van der Waals surface area contributed by atoms with Gasteiger partial charge in [0, 0.05) is 12.3 Å². The van der Waals surface area contributed by atoms with Crippen molar-refractivity contribution in [3.05, 3.63) is 40.4 Å². The molecule has 0 N–H and O–H groups in total. The summed E-state index contributed by atoms with van der Waals surface area (Å²) in [6, 6.07) is 6.69. The Balaban J connectivity index is 2.06. The van der Waals surface area contributed by atoms with Crippen LogP contribution in [0.5, 0.6) is 11.6 Å². The summed E-state index contributed by atoms with van der Waals surface area (Å²) >= 11 is -0.243. The molecule has 1 atom stereocenters. The van der Waals surface area contributed by atoms with Crippen LogP contribution in [0.25, 0.3) is 17.0 Å². The van der Waals surface area contributed by atoms with Gasteiger partial charge in [-0.1, -0.05) is 0 Å². The van der Waals surface area contributed by atoms with E-state index in [9.17, 15) is 13.9 Å². The molecule has 0 aliphatic carbocycles. The smallest absolute Gasteiger partial charge is 0.348 e. The van der Waals surface area contributed by atoms with Crippen molar-refractivity contribution >= 4 is 23.5 Å². The van der Waals surface area contributed by atoms with Crippen molar-refractivity contribution in [3.8, 4) is 23.5 Å². The highest BCUT2D eigenvalue weighted by Crippen LogP contribution is 2.29. The van der Waals surface area contributed by atoms with Gasteiger partial charge in [-0.3, -0.25) is 0 Å². The van der Waals surface area contributed by atoms with E-state index in [1.165, 1.54) is 22.9 Å². The van der Waals surface area contributed by atoms with Crippen molar-refractivity contribution in [3.63, 3.8) is 0 Å². The van der Waals surface area contributed by atoms with Gasteiger partial charge in [0.1, 0.15) is 28.7 Å². The second-order valence-electron chi connectivity index (χ2n) is 6.02. The van der Waals surface area contributed by atoms with Crippen LogP contribution in [0.4, 0.5) is 3.89 Å². The molecule has 1 aliphatic rings. The first kappa shape index (κ1) is 17.4. The Morgan fingerprint density at radius 2 is 2.26 bits per heavy atom. The van der Waals surface area contributed by atoms with E-state index in [0.717, 1.165) is 3.97 Å². The molecule has 0 aromatic carbocycles. The monoisotopic (exact) mass is 387 g/mol. The molecule has 0 saturated heterocycles. The highest BCUT2D eigenvalue weighted by atomic mass is 32.2. The zero-order valence-corrected chi connectivity index (χ0v) is 15.1. The SMILES string of the molecule is CC1CCCOc2ccnc3c2n(c(=O)n3SF)-c2ccc(C#N)c(n2)O1. The molecule has 0 spiro atoms. The minimum atomic E-state index is -0.672. The molecule has 0 radical (unpaired) electrons. The number of pyridine rings is 2. The fourth-order valence-electron chi connectivity index (χ4n) is 2.99. The van der Waals surface area contributed by atoms with Gasteiger partial charge >= 0.3 is 5.69 Å². The summed E-state index contributed by atoms with van der Waals surface area (Å²) in [4.78, 5) is 21.3. The number of imidazole rings is 1. The van der Waals surface area contributed by atoms with Gasteiger partial charge in [0.15, 0.2) is 18.0 Å². The summed E-state index contributed by atoms with van der Waals surface area (Å²) in [5.74, 6) is 0.735. The number of hydrogen-bond donors (Lipinski definition) is 0. The topological polar surface area (TPSA) is 95.0 Å². The summed E-state index contributed by atoms with van der Waals surface area (Å²) < 4.78 is 27.1. The predicted molar refractivity (Wildman–Crippen MR) is 96.8 cm³/mol. The number of nitriles is 1. The van der Waals surface area contributed by atoms with Crippen LogP contribution in [-0.4, -0.2) is 31.2 Å². The molecule has 27 heavy (non-hydrogen) atoms. The Kier molecular flexibility index (Phi) is 4.45. The second kappa shape index (κ2) is 6.92. The van der Waals surface area contributed by atoms with Crippen LogP contribution in [0.1, 0.15) is 25.3 Å². The highest BCUT2D eigenvalue weighted by Gasteiger charge is 2.23. The molecule has 10 heteroatoms. The lowest BCUT2D eigenvalue weighted by atomic mass is 10.2. The van der Waals surface area contributed by atoms with Gasteiger partial charge in [0.25, 0.3) is 0 Å². The number of rotatable bonds is 1. The summed E-state index contributed by atoms with van der Waals surface area (Å²) in [5, 5.41) is 9.32. The van der Waals surface area contributed by atoms with Gasteiger partial charge in [-0.2, -0.15) is 14.2 Å². The van der Waals surface area contributed by atoms with E-state index in [0.29, 0.717) is 30.7 Å². The predicted octanol–water partition coefficient (Wildman–Crippen LogP) is 2.77. The van der Waals surface area contributed by atoms with Gasteiger partial charge < -0.3 is 9.47 Å². The van der Waals surface area contributed by atoms with E-state index in [1.54, 1.807) is 6.07 Å². The molecule has 1 unspecified atom stereocenters. The zero-order chi connectivity index (χ0) is 19.0. The summed E-state index contributed by atoms with van der Waals surface area (Å²) in [6.07, 6.45) is 2.65. The third kappa shape index (κ3) is 2.90. The molecule has 4 heterocycles. The number of halogens is 1. The maximum atomic E-state index is 13.5. The van der Waals surface area contributed by atoms with Crippen LogP contribution in [0.3, 0.4) is 0 Å². The van der Waals surface area contributed by atoms with E-state index in [1.807, 2.05) is 13.0 Å². The fraction of sp³-hybridized carbons (Fsp3) is 0.294. The van der Waals surface area contributed by atoms with Gasteiger partial charge in [-0.15, -0.1) is 3.89 Å². The number of ether oxygens (including phenoxy) is 2. The maximum absolute atomic E-state index is 13.5. The quantitative estimate of drug-likeness (QED) is 0.633. The third-order valence-electron chi connectivity index (χ3n) is 4.24. The van der Waals surface area contributed by atoms with E-state index in [-0.39, 0.29) is 41.3 Å². The molecular weight excluding hydrogens is 373 g/mol. The van der Waals surface area contributed by atoms with Crippen LogP contribution in [0.15, 0.2) is 29.2 Å². The Morgan fingerprint density at radius 3 is 3.04 bits per heavy atom. The highest BCUT2D eigenvalue weighted by molar-refractivity contribution is 7.92. The first-order chi connectivity index (χ1) is 13.1. The molecule has 0 amide bonds. The Morgan fingerprint density at radius 1 is 1.41 bits per heavy atom. The van der Waals surface area contributed by atoms with Crippen molar-refractivity contribution in [2.75, 3.05) is 6.61 Å². The molecule has 138 valence electrons. The lowest BCUT2D eigenvalue weighted by Crippen LogP contribution is -2.22. The largest absolute Gasteiger partial charge is 0.491 e. The summed E-state index contributed by atoms with van der Waals surface area (Å²) in [6.45, 7) is 2.27. The van der Waals surface area contributed by atoms with E-state index in [2.05, 4.69) is 9.97 Å². The average molecular weight is 387 g/mol. The summed E-state index contributed by atoms with van der Waals surface area (Å²) in [7, 11) is 0. The fourth-order valence-corrected chi connectivity index (χ4v) is 3.33. The minimum Gasteiger partial charge on any atom is -0.491 e. The second-order valence-corrected chi connectivity index (χ2v) is 6.52. The van der Waals surface area contributed by atoms with Crippen molar-refractivity contribution in [2.24, 2.45) is 0 Å². The van der Waals surface area contributed by atoms with Crippen molar-refractivity contribution in [1.82, 2.24) is 18.5 Å². The molecule has 8 nitrogen and oxygen atoms in total. The van der Waals surface area contributed by atoms with Crippen LogP contribution in [-0.2, 0) is 0 Å². The Labute approximate surface area is 157 Å². The van der Waals surface area contributed by atoms with Crippen molar-refractivity contribution in [1.29, 1.82) is 5.26 Å². The maximum Gasteiger partial charge on any atom is 0.348 e. The minimum absolute atomic E-state index is 0.129. The van der Waals surface area contributed by atoms with Gasteiger partial charge in [0.05, 0.1) is 12.7 Å². The van der Waals surface area contributed by atoms with Gasteiger partial charge in [-0.05, 0) is 31.9 Å². The number of fused-ring (bicyclic) bond motifs is 3. The van der Waals surface area contributed by atoms with Crippen molar-refractivity contribution < 1.29 is 13.4 Å². The normalized spacial score (nSPS) is 16.6. The molecule has 2 bridgehead atoms.